The zero-order valence-corrected chi connectivity index (χ0v) is 15.1. The highest BCUT2D eigenvalue weighted by Gasteiger charge is 2.08. The summed E-state index contributed by atoms with van der Waals surface area (Å²) in [5.74, 6) is -0.176. The Morgan fingerprint density at radius 3 is 2.50 bits per heavy atom. The van der Waals surface area contributed by atoms with E-state index in [1.165, 1.54) is 16.7 Å². The summed E-state index contributed by atoms with van der Waals surface area (Å²) in [5.41, 5.74) is 6.03. The molecule has 1 heterocycles. The fourth-order valence-corrected chi connectivity index (χ4v) is 2.65. The van der Waals surface area contributed by atoms with E-state index in [4.69, 9.17) is 0 Å². The average molecular weight is 345 g/mol. The van der Waals surface area contributed by atoms with Crippen molar-refractivity contribution in [2.24, 2.45) is 0 Å². The summed E-state index contributed by atoms with van der Waals surface area (Å²) >= 11 is 0. The molecule has 0 spiro atoms. The molecule has 0 saturated carbocycles. The van der Waals surface area contributed by atoms with Crippen LogP contribution in [0, 0.1) is 13.8 Å². The van der Waals surface area contributed by atoms with Gasteiger partial charge in [0.1, 0.15) is 5.69 Å². The number of aromatic nitrogens is 1. The third-order valence-corrected chi connectivity index (χ3v) is 4.31. The topological polar surface area (TPSA) is 54.0 Å². The third-order valence-electron chi connectivity index (χ3n) is 4.31. The standard InChI is InChI=1S/C22H23N3O/c1-16-7-9-18(10-8-16)14-25-22(26)21-13-20(11-12-23-21)24-15-19-6-4-3-5-17(19)2/h3-13H,14-15H2,1-2H3,(H,23,24)(H,25,26). The van der Waals surface area contributed by atoms with Gasteiger partial charge in [-0.25, -0.2) is 0 Å². The number of nitrogens with one attached hydrogen (secondary N) is 2. The van der Waals surface area contributed by atoms with Crippen LogP contribution in [-0.2, 0) is 13.1 Å². The van der Waals surface area contributed by atoms with Crippen LogP contribution in [0.1, 0.15) is 32.7 Å². The first-order valence-corrected chi connectivity index (χ1v) is 8.70. The molecule has 2 N–H and O–H groups in total. The first-order chi connectivity index (χ1) is 12.6. The number of amides is 1. The molecule has 2 aromatic carbocycles. The van der Waals surface area contributed by atoms with Crippen LogP contribution in [0.2, 0.25) is 0 Å². The van der Waals surface area contributed by atoms with E-state index in [9.17, 15) is 4.79 Å². The van der Waals surface area contributed by atoms with Crippen LogP contribution in [0.4, 0.5) is 5.69 Å². The van der Waals surface area contributed by atoms with Crippen LogP contribution in [0.15, 0.2) is 66.9 Å². The Bertz CT molecular complexity index is 888. The number of carbonyl (C=O) groups excluding carboxylic acids is 1. The van der Waals surface area contributed by atoms with E-state index in [1.54, 1.807) is 12.3 Å². The molecule has 4 nitrogen and oxygen atoms in total. The van der Waals surface area contributed by atoms with Gasteiger partial charge in [-0.2, -0.15) is 0 Å². The fourth-order valence-electron chi connectivity index (χ4n) is 2.65. The number of hydrogen-bond donors (Lipinski definition) is 2. The number of rotatable bonds is 6. The minimum Gasteiger partial charge on any atom is -0.381 e. The van der Waals surface area contributed by atoms with Crippen molar-refractivity contribution in [1.82, 2.24) is 10.3 Å². The van der Waals surface area contributed by atoms with Crippen LogP contribution in [-0.4, -0.2) is 10.9 Å². The second kappa shape index (κ2) is 8.30. The Hall–Kier alpha value is -3.14. The third kappa shape index (κ3) is 4.70. The molecule has 0 aliphatic rings. The van der Waals surface area contributed by atoms with Crippen molar-refractivity contribution in [3.63, 3.8) is 0 Å². The molecule has 1 aromatic heterocycles. The lowest BCUT2D eigenvalue weighted by atomic mass is 10.1. The highest BCUT2D eigenvalue weighted by atomic mass is 16.1. The van der Waals surface area contributed by atoms with Gasteiger partial charge in [-0.15, -0.1) is 0 Å². The SMILES string of the molecule is Cc1ccc(CNC(=O)c2cc(NCc3ccccc3C)ccn2)cc1. The van der Waals surface area contributed by atoms with Crippen LogP contribution in [0.3, 0.4) is 0 Å². The molecule has 4 heteroatoms. The van der Waals surface area contributed by atoms with Gasteiger partial charge in [-0.1, -0.05) is 54.1 Å². The van der Waals surface area contributed by atoms with E-state index in [2.05, 4.69) is 34.7 Å². The first-order valence-electron chi connectivity index (χ1n) is 8.70. The molecule has 26 heavy (non-hydrogen) atoms. The Balaban J connectivity index is 1.60. The van der Waals surface area contributed by atoms with Gasteiger partial charge in [0.15, 0.2) is 0 Å². The monoisotopic (exact) mass is 345 g/mol. The van der Waals surface area contributed by atoms with Gasteiger partial charge in [0.2, 0.25) is 0 Å². The number of anilines is 1. The Kier molecular flexibility index (Phi) is 5.64. The molecule has 0 saturated heterocycles. The van der Waals surface area contributed by atoms with E-state index in [0.717, 1.165) is 11.3 Å². The minimum atomic E-state index is -0.176. The van der Waals surface area contributed by atoms with Crippen molar-refractivity contribution in [3.8, 4) is 0 Å². The summed E-state index contributed by atoms with van der Waals surface area (Å²) < 4.78 is 0. The summed E-state index contributed by atoms with van der Waals surface area (Å²) in [4.78, 5) is 16.6. The minimum absolute atomic E-state index is 0.176. The summed E-state index contributed by atoms with van der Waals surface area (Å²) in [6, 6.07) is 20.0. The van der Waals surface area contributed by atoms with Gasteiger partial charge < -0.3 is 10.6 Å². The van der Waals surface area contributed by atoms with Gasteiger partial charge in [0, 0.05) is 25.0 Å². The van der Waals surface area contributed by atoms with E-state index in [0.29, 0.717) is 18.8 Å². The van der Waals surface area contributed by atoms with Crippen molar-refractivity contribution < 1.29 is 4.79 Å². The van der Waals surface area contributed by atoms with Crippen LogP contribution >= 0.6 is 0 Å². The smallest absolute Gasteiger partial charge is 0.270 e. The number of nitrogens with zero attached hydrogens (tertiary/aromatic N) is 1. The summed E-state index contributed by atoms with van der Waals surface area (Å²) in [6.07, 6.45) is 1.65. The van der Waals surface area contributed by atoms with E-state index in [1.807, 2.05) is 49.4 Å². The summed E-state index contributed by atoms with van der Waals surface area (Å²) in [7, 11) is 0. The molecule has 0 aliphatic carbocycles. The summed E-state index contributed by atoms with van der Waals surface area (Å²) in [6.45, 7) is 5.33. The second-order valence-corrected chi connectivity index (χ2v) is 6.38. The number of aryl methyl sites for hydroxylation is 2. The lowest BCUT2D eigenvalue weighted by Crippen LogP contribution is -2.23. The maximum absolute atomic E-state index is 12.4. The molecule has 0 aliphatic heterocycles. The largest absolute Gasteiger partial charge is 0.381 e. The first kappa shape index (κ1) is 17.7. The summed E-state index contributed by atoms with van der Waals surface area (Å²) in [5, 5.41) is 6.27. The van der Waals surface area contributed by atoms with Gasteiger partial charge >= 0.3 is 0 Å². The molecule has 132 valence electrons. The van der Waals surface area contributed by atoms with E-state index in [-0.39, 0.29) is 5.91 Å². The lowest BCUT2D eigenvalue weighted by Gasteiger charge is -2.10. The molecule has 3 aromatic rings. The number of benzene rings is 2. The maximum atomic E-state index is 12.4. The molecule has 0 atom stereocenters. The highest BCUT2D eigenvalue weighted by Crippen LogP contribution is 2.13. The molecular weight excluding hydrogens is 322 g/mol. The van der Waals surface area contributed by atoms with Gasteiger partial charge in [0.05, 0.1) is 0 Å². The molecule has 0 fully saturated rings. The van der Waals surface area contributed by atoms with Crippen LogP contribution in [0.5, 0.6) is 0 Å². The Morgan fingerprint density at radius 1 is 0.962 bits per heavy atom. The number of hydrogen-bond acceptors (Lipinski definition) is 3. The number of carbonyl (C=O) groups is 1. The van der Waals surface area contributed by atoms with E-state index >= 15 is 0 Å². The molecular formula is C22H23N3O. The van der Waals surface area contributed by atoms with Crippen molar-refractivity contribution >= 4 is 11.6 Å². The number of pyridine rings is 1. The molecule has 1 amide bonds. The Morgan fingerprint density at radius 2 is 1.73 bits per heavy atom. The van der Waals surface area contributed by atoms with Gasteiger partial charge in [-0.05, 0) is 42.7 Å². The average Bonchev–Trinajstić information content (AvgIpc) is 2.67. The van der Waals surface area contributed by atoms with Crippen molar-refractivity contribution in [1.29, 1.82) is 0 Å². The maximum Gasteiger partial charge on any atom is 0.270 e. The lowest BCUT2D eigenvalue weighted by molar-refractivity contribution is 0.0946. The quantitative estimate of drug-likeness (QED) is 0.702. The fraction of sp³-hybridized carbons (Fsp3) is 0.182. The van der Waals surface area contributed by atoms with Crippen LogP contribution in [0.25, 0.3) is 0 Å². The Labute approximate surface area is 154 Å². The van der Waals surface area contributed by atoms with Gasteiger partial charge in [0.25, 0.3) is 5.91 Å². The molecule has 0 radical (unpaired) electrons. The van der Waals surface area contributed by atoms with Crippen molar-refractivity contribution in [2.45, 2.75) is 26.9 Å². The van der Waals surface area contributed by atoms with Crippen molar-refractivity contribution in [2.75, 3.05) is 5.32 Å². The molecule has 3 rings (SSSR count). The zero-order valence-electron chi connectivity index (χ0n) is 15.1. The normalized spacial score (nSPS) is 10.4. The van der Waals surface area contributed by atoms with E-state index < -0.39 is 0 Å². The predicted octanol–water partition coefficient (Wildman–Crippen LogP) is 4.24. The van der Waals surface area contributed by atoms with Crippen molar-refractivity contribution in [3.05, 3.63) is 94.8 Å². The molecule has 0 bridgehead atoms. The second-order valence-electron chi connectivity index (χ2n) is 6.38. The highest BCUT2D eigenvalue weighted by molar-refractivity contribution is 5.93. The predicted molar refractivity (Wildman–Crippen MR) is 105 cm³/mol. The van der Waals surface area contributed by atoms with Crippen LogP contribution < -0.4 is 10.6 Å². The van der Waals surface area contributed by atoms with Gasteiger partial charge in [-0.3, -0.25) is 9.78 Å². The zero-order chi connectivity index (χ0) is 18.4. The molecule has 0 unspecified atom stereocenters.